The maximum absolute atomic E-state index is 14.6. The van der Waals surface area contributed by atoms with Gasteiger partial charge in [-0.2, -0.15) is 10.1 Å². The number of hydroxylamine groups is 1. The van der Waals surface area contributed by atoms with Gasteiger partial charge in [-0.3, -0.25) is 5.21 Å². The third-order valence-corrected chi connectivity index (χ3v) is 7.31. The molecule has 9 heteroatoms. The number of rotatable bonds is 7. The lowest BCUT2D eigenvalue weighted by molar-refractivity contribution is 0.107. The van der Waals surface area contributed by atoms with Crippen molar-refractivity contribution in [2.24, 2.45) is 5.10 Å². The smallest absolute Gasteiger partial charge is 0.314 e. The highest BCUT2D eigenvalue weighted by molar-refractivity contribution is 8.15. The highest BCUT2D eigenvalue weighted by atomic mass is 32.2. The number of hydrogen-bond donors (Lipinski definition) is 3. The number of hydrazone groups is 1. The third-order valence-electron chi connectivity index (χ3n) is 5.86. The Bertz CT molecular complexity index is 1050. The Hall–Kier alpha value is -2.75. The van der Waals surface area contributed by atoms with E-state index in [1.54, 1.807) is 5.48 Å². The molecular weight excluding hydrogens is 446 g/mol. The van der Waals surface area contributed by atoms with Crippen LogP contribution >= 0.6 is 11.8 Å². The van der Waals surface area contributed by atoms with Crippen molar-refractivity contribution in [3.8, 4) is 0 Å². The van der Waals surface area contributed by atoms with Crippen molar-refractivity contribution >= 4 is 22.8 Å². The summed E-state index contributed by atoms with van der Waals surface area (Å²) in [6.45, 7) is 0.728. The molecule has 0 aromatic heterocycles. The first-order valence-electron chi connectivity index (χ1n) is 10.9. The molecule has 0 spiro atoms. The molecule has 3 N–H and O–H groups in total. The van der Waals surface area contributed by atoms with Crippen LogP contribution in [0.5, 0.6) is 0 Å². The summed E-state index contributed by atoms with van der Waals surface area (Å²) < 4.78 is 28.4. The van der Waals surface area contributed by atoms with Gasteiger partial charge in [0, 0.05) is 11.6 Å². The summed E-state index contributed by atoms with van der Waals surface area (Å²) in [4.78, 5) is 11.6. The zero-order valence-electron chi connectivity index (χ0n) is 18.0. The van der Waals surface area contributed by atoms with Crippen LogP contribution in [0.2, 0.25) is 0 Å². The normalized spacial score (nSPS) is 22.3. The molecule has 2 unspecified atom stereocenters. The quantitative estimate of drug-likeness (QED) is 0.227. The number of carbonyl (C=O) groups excluding carboxylic acids is 1. The summed E-state index contributed by atoms with van der Waals surface area (Å²) in [5.41, 5.74) is 2.39. The van der Waals surface area contributed by atoms with E-state index < -0.39 is 22.5 Å². The minimum atomic E-state index is -1.03. The molecule has 0 fully saturated rings. The molecule has 2 aliphatic rings. The number of nitrogens with zero attached hydrogens (tertiary/aromatic N) is 2. The molecule has 2 atom stereocenters. The number of hydrogen-bond acceptors (Lipinski definition) is 5. The third kappa shape index (κ3) is 5.10. The molecule has 0 saturated carbocycles. The van der Waals surface area contributed by atoms with Crippen LogP contribution in [0.25, 0.3) is 0 Å². The number of nitrogens with one attached hydrogen (secondary N) is 2. The molecule has 1 aliphatic carbocycles. The lowest BCUT2D eigenvalue weighted by atomic mass is 9.99. The number of benzene rings is 2. The van der Waals surface area contributed by atoms with Gasteiger partial charge in [0.15, 0.2) is 0 Å². The van der Waals surface area contributed by atoms with Gasteiger partial charge in [0.05, 0.1) is 0 Å². The van der Waals surface area contributed by atoms with Gasteiger partial charge in [-0.25, -0.2) is 19.1 Å². The molecule has 174 valence electrons. The molecule has 4 rings (SSSR count). The molecule has 0 bridgehead atoms. The Balaban J connectivity index is 1.63. The van der Waals surface area contributed by atoms with Crippen LogP contribution in [0.3, 0.4) is 0 Å². The Morgan fingerprint density at radius 2 is 2.03 bits per heavy atom. The summed E-state index contributed by atoms with van der Waals surface area (Å²) in [7, 11) is 0. The molecule has 1 aliphatic heterocycles. The molecule has 2 aromatic carbocycles. The summed E-state index contributed by atoms with van der Waals surface area (Å²) in [6.07, 6.45) is 8.68. The zero-order chi connectivity index (χ0) is 23.3. The predicted octanol–water partition coefficient (Wildman–Crippen LogP) is 5.11. The molecule has 2 aromatic rings. The van der Waals surface area contributed by atoms with E-state index >= 15 is 0 Å². The largest absolute Gasteiger partial charge is 0.363 e. The Labute approximate surface area is 195 Å². The second-order valence-electron chi connectivity index (χ2n) is 8.05. The van der Waals surface area contributed by atoms with E-state index in [-0.39, 0.29) is 10.6 Å². The first kappa shape index (κ1) is 23.4. The summed E-state index contributed by atoms with van der Waals surface area (Å²) in [5, 5.41) is 18.6. The predicted molar refractivity (Wildman–Crippen MR) is 125 cm³/mol. The fourth-order valence-corrected chi connectivity index (χ4v) is 5.64. The number of halogens is 2. The van der Waals surface area contributed by atoms with Crippen molar-refractivity contribution in [1.29, 1.82) is 0 Å². The van der Waals surface area contributed by atoms with Crippen LogP contribution < -0.4 is 10.8 Å². The Morgan fingerprint density at radius 1 is 1.21 bits per heavy atom. The second kappa shape index (κ2) is 10.5. The van der Waals surface area contributed by atoms with Gasteiger partial charge in [-0.05, 0) is 62.4 Å². The van der Waals surface area contributed by atoms with Crippen molar-refractivity contribution in [2.45, 2.75) is 43.0 Å². The van der Waals surface area contributed by atoms with Crippen molar-refractivity contribution in [2.75, 3.05) is 6.54 Å². The number of allylic oxidation sites excluding steroid dienone is 1. The van der Waals surface area contributed by atoms with Gasteiger partial charge in [-0.15, -0.1) is 0 Å². The highest BCUT2D eigenvalue weighted by Gasteiger charge is 2.48. The van der Waals surface area contributed by atoms with Crippen LogP contribution in [0.1, 0.15) is 43.2 Å². The number of amides is 2. The van der Waals surface area contributed by atoms with Crippen LogP contribution in [-0.2, 0) is 4.87 Å². The molecule has 33 heavy (non-hydrogen) atoms. The van der Waals surface area contributed by atoms with E-state index in [9.17, 15) is 18.8 Å². The Morgan fingerprint density at radius 3 is 2.76 bits per heavy atom. The van der Waals surface area contributed by atoms with Gasteiger partial charge in [0.2, 0.25) is 0 Å². The summed E-state index contributed by atoms with van der Waals surface area (Å²) in [6, 6.07) is 12.0. The fourth-order valence-electron chi connectivity index (χ4n) is 4.22. The number of carbonyl (C=O) groups is 1. The van der Waals surface area contributed by atoms with Gasteiger partial charge in [0.1, 0.15) is 21.5 Å². The lowest BCUT2D eigenvalue weighted by Crippen LogP contribution is -2.46. The van der Waals surface area contributed by atoms with Crippen molar-refractivity contribution in [3.05, 3.63) is 83.4 Å². The van der Waals surface area contributed by atoms with Crippen LogP contribution in [0, 0.1) is 11.6 Å². The van der Waals surface area contributed by atoms with Gasteiger partial charge in [-0.1, -0.05) is 54.2 Å². The fraction of sp³-hybridized carbons (Fsp3) is 0.333. The standard InChI is InChI=1S/C24H26F2N4O2S/c25-18-12-13-21(26)20(16-18)22-28-30(23(31)29-32)24(33-22,17-8-3-1-4-9-17)14-7-15-27-19-10-5-2-6-11-19/h1-5,8-9,12-13,16,19,27,32H,6-7,10-11,14-15H2,(H,29,31). The molecular formula is C24H26F2N4O2S. The molecule has 6 nitrogen and oxygen atoms in total. The zero-order valence-corrected chi connectivity index (χ0v) is 18.8. The second-order valence-corrected chi connectivity index (χ2v) is 9.32. The van der Waals surface area contributed by atoms with Crippen LogP contribution in [0.15, 0.2) is 65.8 Å². The maximum Gasteiger partial charge on any atom is 0.363 e. The van der Waals surface area contributed by atoms with E-state index in [2.05, 4.69) is 22.6 Å². The van der Waals surface area contributed by atoms with Crippen molar-refractivity contribution < 1.29 is 18.8 Å². The minimum Gasteiger partial charge on any atom is -0.314 e. The Kier molecular flexibility index (Phi) is 7.42. The van der Waals surface area contributed by atoms with E-state index in [0.717, 1.165) is 54.6 Å². The summed E-state index contributed by atoms with van der Waals surface area (Å²) >= 11 is 1.18. The summed E-state index contributed by atoms with van der Waals surface area (Å²) in [5.74, 6) is -1.24. The first-order chi connectivity index (χ1) is 16.0. The average molecular weight is 473 g/mol. The SMILES string of the molecule is O=C(NO)N1N=C(c2cc(F)ccc2F)SC1(CCCNC1CC=CCC1)c1ccccc1. The van der Waals surface area contributed by atoms with E-state index in [1.807, 2.05) is 30.3 Å². The highest BCUT2D eigenvalue weighted by Crippen LogP contribution is 2.50. The lowest BCUT2D eigenvalue weighted by Gasteiger charge is -2.35. The van der Waals surface area contributed by atoms with Crippen LogP contribution in [-0.4, -0.2) is 33.9 Å². The average Bonchev–Trinajstić information content (AvgIpc) is 3.24. The molecule has 1 heterocycles. The van der Waals surface area contributed by atoms with Gasteiger partial charge >= 0.3 is 6.03 Å². The monoisotopic (exact) mass is 472 g/mol. The van der Waals surface area contributed by atoms with E-state index in [0.29, 0.717) is 18.9 Å². The topological polar surface area (TPSA) is 77.0 Å². The maximum atomic E-state index is 14.6. The molecule has 2 amide bonds. The van der Waals surface area contributed by atoms with Crippen LogP contribution in [0.4, 0.5) is 13.6 Å². The minimum absolute atomic E-state index is 0.0272. The number of thioether (sulfide) groups is 1. The first-order valence-corrected chi connectivity index (χ1v) is 11.8. The molecule has 0 saturated heterocycles. The van der Waals surface area contributed by atoms with E-state index in [4.69, 9.17) is 0 Å². The van der Waals surface area contributed by atoms with E-state index in [1.165, 1.54) is 11.8 Å². The van der Waals surface area contributed by atoms with Gasteiger partial charge < -0.3 is 5.32 Å². The van der Waals surface area contributed by atoms with Crippen molar-refractivity contribution in [1.82, 2.24) is 15.8 Å². The number of urea groups is 1. The van der Waals surface area contributed by atoms with Gasteiger partial charge in [0.25, 0.3) is 0 Å². The van der Waals surface area contributed by atoms with Crippen molar-refractivity contribution in [3.63, 3.8) is 0 Å². The molecule has 0 radical (unpaired) electrons.